The lowest BCUT2D eigenvalue weighted by atomic mass is 10.1. The van der Waals surface area contributed by atoms with Gasteiger partial charge >= 0.3 is 0 Å². The van der Waals surface area contributed by atoms with Crippen molar-refractivity contribution in [3.05, 3.63) is 22.7 Å². The zero-order valence-electron chi connectivity index (χ0n) is 11.2. The fraction of sp³-hybridized carbons (Fsp3) is 0.692. The van der Waals surface area contributed by atoms with E-state index in [-0.39, 0.29) is 0 Å². The summed E-state index contributed by atoms with van der Waals surface area (Å²) < 4.78 is 0.389. The summed E-state index contributed by atoms with van der Waals surface area (Å²) in [5, 5.41) is 0.544. The molecule has 0 unspecified atom stereocenters. The number of thioether (sulfide) groups is 1. The summed E-state index contributed by atoms with van der Waals surface area (Å²) in [5.74, 6) is 2.01. The summed E-state index contributed by atoms with van der Waals surface area (Å²) >= 11 is 8.02. The SMILES string of the molecule is Cc1cc(Cl)nc(CN2CCSC(C)(C)CC2)n1. The Labute approximate surface area is 118 Å². The maximum Gasteiger partial charge on any atom is 0.144 e. The number of rotatable bonds is 2. The van der Waals surface area contributed by atoms with Crippen LogP contribution in [0.1, 0.15) is 31.8 Å². The van der Waals surface area contributed by atoms with Crippen LogP contribution in [0.5, 0.6) is 0 Å². The number of hydrogen-bond donors (Lipinski definition) is 0. The van der Waals surface area contributed by atoms with Crippen molar-refractivity contribution in [2.75, 3.05) is 18.8 Å². The molecular formula is C13H20ClN3S. The monoisotopic (exact) mass is 285 g/mol. The first-order valence-electron chi connectivity index (χ1n) is 6.31. The Balaban J connectivity index is 2.00. The number of nitrogens with zero attached hydrogens (tertiary/aromatic N) is 3. The highest BCUT2D eigenvalue weighted by Crippen LogP contribution is 2.30. The van der Waals surface area contributed by atoms with Crippen molar-refractivity contribution in [2.24, 2.45) is 0 Å². The molecule has 1 aliphatic rings. The maximum absolute atomic E-state index is 5.97. The lowest BCUT2D eigenvalue weighted by molar-refractivity contribution is 0.269. The van der Waals surface area contributed by atoms with Crippen molar-refractivity contribution >= 4 is 23.4 Å². The number of aryl methyl sites for hydroxylation is 1. The van der Waals surface area contributed by atoms with Gasteiger partial charge in [0.05, 0.1) is 6.54 Å². The fourth-order valence-electron chi connectivity index (χ4n) is 2.08. The van der Waals surface area contributed by atoms with Gasteiger partial charge in [-0.2, -0.15) is 11.8 Å². The number of hydrogen-bond acceptors (Lipinski definition) is 4. The van der Waals surface area contributed by atoms with Gasteiger partial charge in [0.2, 0.25) is 0 Å². The fourth-order valence-corrected chi connectivity index (χ4v) is 3.47. The van der Waals surface area contributed by atoms with Gasteiger partial charge in [-0.05, 0) is 26.0 Å². The predicted octanol–water partition coefficient (Wildman–Crippen LogP) is 3.16. The van der Waals surface area contributed by atoms with E-state index in [0.29, 0.717) is 9.90 Å². The largest absolute Gasteiger partial charge is 0.295 e. The minimum absolute atomic E-state index is 0.389. The van der Waals surface area contributed by atoms with E-state index in [2.05, 4.69) is 40.5 Å². The summed E-state index contributed by atoms with van der Waals surface area (Å²) in [6, 6.07) is 1.80. The Morgan fingerprint density at radius 3 is 2.89 bits per heavy atom. The first-order valence-corrected chi connectivity index (χ1v) is 7.67. The van der Waals surface area contributed by atoms with Gasteiger partial charge < -0.3 is 0 Å². The average Bonchev–Trinajstić information content (AvgIpc) is 2.39. The maximum atomic E-state index is 5.97. The van der Waals surface area contributed by atoms with E-state index in [0.717, 1.165) is 31.2 Å². The third-order valence-electron chi connectivity index (χ3n) is 3.16. The zero-order chi connectivity index (χ0) is 13.2. The Kier molecular flexibility index (Phi) is 4.51. The van der Waals surface area contributed by atoms with Gasteiger partial charge in [-0.3, -0.25) is 4.90 Å². The predicted molar refractivity (Wildman–Crippen MR) is 78.2 cm³/mol. The summed E-state index contributed by atoms with van der Waals surface area (Å²) in [7, 11) is 0. The van der Waals surface area contributed by atoms with Crippen LogP contribution < -0.4 is 0 Å². The van der Waals surface area contributed by atoms with Crippen molar-refractivity contribution in [1.82, 2.24) is 14.9 Å². The second-order valence-corrected chi connectivity index (χ2v) is 7.57. The Bertz CT molecular complexity index is 402. The van der Waals surface area contributed by atoms with Crippen LogP contribution in [0.4, 0.5) is 0 Å². The molecule has 1 saturated heterocycles. The van der Waals surface area contributed by atoms with Crippen LogP contribution in [-0.4, -0.2) is 38.5 Å². The van der Waals surface area contributed by atoms with Crippen molar-refractivity contribution in [1.29, 1.82) is 0 Å². The van der Waals surface area contributed by atoms with E-state index in [1.165, 1.54) is 12.2 Å². The summed E-state index contributed by atoms with van der Waals surface area (Å²) in [6.07, 6.45) is 1.21. The topological polar surface area (TPSA) is 29.0 Å². The highest BCUT2D eigenvalue weighted by Gasteiger charge is 2.23. The smallest absolute Gasteiger partial charge is 0.144 e. The summed E-state index contributed by atoms with van der Waals surface area (Å²) in [5.41, 5.74) is 0.939. The first kappa shape index (κ1) is 14.1. The molecular weight excluding hydrogens is 266 g/mol. The molecule has 18 heavy (non-hydrogen) atoms. The van der Waals surface area contributed by atoms with Crippen LogP contribution in [0.3, 0.4) is 0 Å². The van der Waals surface area contributed by atoms with Crippen LogP contribution in [0.2, 0.25) is 5.15 Å². The van der Waals surface area contributed by atoms with Crippen LogP contribution >= 0.6 is 23.4 Å². The molecule has 0 saturated carbocycles. The minimum atomic E-state index is 0.389. The van der Waals surface area contributed by atoms with E-state index in [1.54, 1.807) is 6.07 Å². The molecule has 1 aromatic heterocycles. The molecule has 2 rings (SSSR count). The highest BCUT2D eigenvalue weighted by molar-refractivity contribution is 8.00. The quantitative estimate of drug-likeness (QED) is 0.781. The second kappa shape index (κ2) is 5.76. The van der Waals surface area contributed by atoms with Crippen LogP contribution in [0.15, 0.2) is 6.07 Å². The molecule has 1 aliphatic heterocycles. The van der Waals surface area contributed by atoms with Crippen LogP contribution in [0.25, 0.3) is 0 Å². The van der Waals surface area contributed by atoms with Crippen molar-refractivity contribution in [3.8, 4) is 0 Å². The van der Waals surface area contributed by atoms with Crippen molar-refractivity contribution in [3.63, 3.8) is 0 Å². The Morgan fingerprint density at radius 2 is 2.17 bits per heavy atom. The average molecular weight is 286 g/mol. The number of halogens is 1. The zero-order valence-corrected chi connectivity index (χ0v) is 12.8. The molecule has 0 bridgehead atoms. The van der Waals surface area contributed by atoms with Crippen molar-refractivity contribution in [2.45, 2.75) is 38.5 Å². The van der Waals surface area contributed by atoms with Gasteiger partial charge in [0.1, 0.15) is 11.0 Å². The molecule has 0 amide bonds. The number of aromatic nitrogens is 2. The third-order valence-corrected chi connectivity index (χ3v) is 4.73. The van der Waals surface area contributed by atoms with Crippen molar-refractivity contribution < 1.29 is 0 Å². The molecule has 1 aromatic rings. The van der Waals surface area contributed by atoms with Crippen LogP contribution in [-0.2, 0) is 6.54 Å². The highest BCUT2D eigenvalue weighted by atomic mass is 35.5. The standard InChI is InChI=1S/C13H20ClN3S/c1-10-8-11(14)16-12(15-10)9-17-5-4-13(2,3)18-7-6-17/h8H,4-7,9H2,1-3H3. The molecule has 0 radical (unpaired) electrons. The van der Waals surface area contributed by atoms with Crippen LogP contribution in [0, 0.1) is 6.92 Å². The molecule has 0 aromatic carbocycles. The van der Waals surface area contributed by atoms with E-state index in [4.69, 9.17) is 11.6 Å². The van der Waals surface area contributed by atoms with Gasteiger partial charge in [-0.1, -0.05) is 25.4 Å². The van der Waals surface area contributed by atoms with Gasteiger partial charge in [0.15, 0.2) is 0 Å². The van der Waals surface area contributed by atoms with Gasteiger partial charge in [0.25, 0.3) is 0 Å². The molecule has 0 N–H and O–H groups in total. The summed E-state index contributed by atoms with van der Waals surface area (Å²) in [4.78, 5) is 11.2. The lowest BCUT2D eigenvalue weighted by Gasteiger charge is -2.22. The van der Waals surface area contributed by atoms with E-state index >= 15 is 0 Å². The Hall–Kier alpha value is -0.320. The van der Waals surface area contributed by atoms with Gasteiger partial charge in [-0.15, -0.1) is 0 Å². The molecule has 2 heterocycles. The molecule has 3 nitrogen and oxygen atoms in total. The molecule has 1 fully saturated rings. The molecule has 0 atom stereocenters. The third kappa shape index (κ3) is 4.11. The first-order chi connectivity index (χ1) is 8.44. The van der Waals surface area contributed by atoms with E-state index < -0.39 is 0 Å². The second-order valence-electron chi connectivity index (χ2n) is 5.38. The van der Waals surface area contributed by atoms with E-state index in [9.17, 15) is 0 Å². The molecule has 100 valence electrons. The summed E-state index contributed by atoms with van der Waals surface area (Å²) in [6.45, 7) is 9.61. The normalized spacial score (nSPS) is 20.7. The lowest BCUT2D eigenvalue weighted by Crippen LogP contribution is -2.27. The minimum Gasteiger partial charge on any atom is -0.295 e. The molecule has 0 aliphatic carbocycles. The van der Waals surface area contributed by atoms with Gasteiger partial charge in [0, 0.05) is 22.7 Å². The van der Waals surface area contributed by atoms with E-state index in [1.807, 2.05) is 6.92 Å². The Morgan fingerprint density at radius 1 is 1.39 bits per heavy atom. The van der Waals surface area contributed by atoms with Gasteiger partial charge in [-0.25, -0.2) is 9.97 Å². The molecule has 0 spiro atoms. The molecule has 5 heteroatoms.